The molecule has 0 aliphatic carbocycles. The highest BCUT2D eigenvalue weighted by molar-refractivity contribution is 5.89. The largest absolute Gasteiger partial charge is 0.489 e. The molecule has 3 aromatic rings. The van der Waals surface area contributed by atoms with Crippen LogP contribution in [0.15, 0.2) is 78.0 Å². The van der Waals surface area contributed by atoms with Crippen molar-refractivity contribution in [2.45, 2.75) is 6.61 Å². The van der Waals surface area contributed by atoms with E-state index in [-0.39, 0.29) is 5.97 Å². The number of nitrogens with zero attached hydrogens (tertiary/aromatic N) is 2. The Balaban J connectivity index is 1.51. The molecule has 0 saturated carbocycles. The third-order valence-corrected chi connectivity index (χ3v) is 3.72. The third-order valence-electron chi connectivity index (χ3n) is 3.72. The van der Waals surface area contributed by atoms with E-state index in [1.165, 1.54) is 7.11 Å². The van der Waals surface area contributed by atoms with Crippen LogP contribution in [-0.4, -0.2) is 24.3 Å². The Morgan fingerprint density at radius 3 is 2.52 bits per heavy atom. The van der Waals surface area contributed by atoms with E-state index in [0.717, 1.165) is 16.9 Å². The number of rotatable bonds is 7. The highest BCUT2D eigenvalue weighted by Crippen LogP contribution is 2.14. The molecule has 27 heavy (non-hydrogen) atoms. The minimum Gasteiger partial charge on any atom is -0.489 e. The standard InChI is InChI=1S/C21H19N3O3/c1-26-21(25)18-9-5-17(6-10-18)15-27-19-11-7-16(8-12-19)14-23-24-20-4-2-3-13-22-20/h2-14H,15H2,1H3,(H,22,24)/b23-14-. The molecular formula is C21H19N3O3. The van der Waals surface area contributed by atoms with Gasteiger partial charge in [-0.3, -0.25) is 5.43 Å². The normalized spacial score (nSPS) is 10.6. The molecule has 3 rings (SSSR count). The van der Waals surface area contributed by atoms with E-state index in [2.05, 4.69) is 20.2 Å². The number of benzene rings is 2. The van der Waals surface area contributed by atoms with E-state index < -0.39 is 0 Å². The molecule has 0 atom stereocenters. The number of aromatic nitrogens is 1. The van der Waals surface area contributed by atoms with Crippen molar-refractivity contribution in [3.63, 3.8) is 0 Å². The second-order valence-electron chi connectivity index (χ2n) is 5.63. The predicted molar refractivity (Wildman–Crippen MR) is 104 cm³/mol. The minimum absolute atomic E-state index is 0.350. The van der Waals surface area contributed by atoms with Gasteiger partial charge in [0, 0.05) is 6.20 Å². The SMILES string of the molecule is COC(=O)c1ccc(COc2ccc(/C=N\Nc3ccccn3)cc2)cc1. The second kappa shape index (κ2) is 9.15. The predicted octanol–water partition coefficient (Wildman–Crippen LogP) is 3.89. The summed E-state index contributed by atoms with van der Waals surface area (Å²) in [5.74, 6) is 1.09. The summed E-state index contributed by atoms with van der Waals surface area (Å²) >= 11 is 0. The number of anilines is 1. The second-order valence-corrected chi connectivity index (χ2v) is 5.63. The van der Waals surface area contributed by atoms with E-state index >= 15 is 0 Å². The van der Waals surface area contributed by atoms with Gasteiger partial charge in [0.2, 0.25) is 0 Å². The molecule has 136 valence electrons. The number of hydrogen-bond acceptors (Lipinski definition) is 6. The zero-order valence-electron chi connectivity index (χ0n) is 14.8. The van der Waals surface area contributed by atoms with Crippen LogP contribution < -0.4 is 10.2 Å². The molecule has 0 saturated heterocycles. The Hall–Kier alpha value is -3.67. The maximum absolute atomic E-state index is 11.4. The first-order chi connectivity index (χ1) is 13.2. The van der Waals surface area contributed by atoms with Crippen LogP contribution in [0.5, 0.6) is 5.75 Å². The number of hydrogen-bond donors (Lipinski definition) is 1. The summed E-state index contributed by atoms with van der Waals surface area (Å²) in [5, 5.41) is 4.15. The van der Waals surface area contributed by atoms with Crippen molar-refractivity contribution in [1.82, 2.24) is 4.98 Å². The van der Waals surface area contributed by atoms with Gasteiger partial charge in [0.1, 0.15) is 18.2 Å². The Labute approximate surface area is 157 Å². The van der Waals surface area contributed by atoms with Crippen molar-refractivity contribution in [2.24, 2.45) is 5.10 Å². The summed E-state index contributed by atoms with van der Waals surface area (Å²) in [4.78, 5) is 15.5. The Morgan fingerprint density at radius 1 is 1.07 bits per heavy atom. The van der Waals surface area contributed by atoms with Crippen LogP contribution in [0.2, 0.25) is 0 Å². The van der Waals surface area contributed by atoms with E-state index in [1.54, 1.807) is 24.5 Å². The lowest BCUT2D eigenvalue weighted by Gasteiger charge is -2.07. The summed E-state index contributed by atoms with van der Waals surface area (Å²) in [7, 11) is 1.36. The van der Waals surface area contributed by atoms with Crippen LogP contribution >= 0.6 is 0 Å². The van der Waals surface area contributed by atoms with Gasteiger partial charge in [-0.25, -0.2) is 9.78 Å². The van der Waals surface area contributed by atoms with Crippen LogP contribution in [0.4, 0.5) is 5.82 Å². The fraction of sp³-hybridized carbons (Fsp3) is 0.0952. The summed E-state index contributed by atoms with van der Waals surface area (Å²) in [6.07, 6.45) is 3.41. The third kappa shape index (κ3) is 5.40. The first kappa shape index (κ1) is 18.1. The fourth-order valence-corrected chi connectivity index (χ4v) is 2.27. The summed E-state index contributed by atoms with van der Waals surface area (Å²) < 4.78 is 10.4. The van der Waals surface area contributed by atoms with E-state index in [9.17, 15) is 4.79 Å². The van der Waals surface area contributed by atoms with Crippen LogP contribution in [0.25, 0.3) is 0 Å². The highest BCUT2D eigenvalue weighted by atomic mass is 16.5. The van der Waals surface area contributed by atoms with Gasteiger partial charge in [-0.2, -0.15) is 5.10 Å². The van der Waals surface area contributed by atoms with Crippen molar-refractivity contribution >= 4 is 18.0 Å². The maximum atomic E-state index is 11.4. The number of esters is 1. The number of ether oxygens (including phenoxy) is 2. The van der Waals surface area contributed by atoms with E-state index in [4.69, 9.17) is 4.74 Å². The first-order valence-electron chi connectivity index (χ1n) is 8.35. The number of hydrazone groups is 1. The zero-order chi connectivity index (χ0) is 18.9. The molecule has 0 aliphatic heterocycles. The van der Waals surface area contributed by atoms with Crippen LogP contribution in [0, 0.1) is 0 Å². The molecule has 0 unspecified atom stereocenters. The highest BCUT2D eigenvalue weighted by Gasteiger charge is 2.04. The summed E-state index contributed by atoms with van der Waals surface area (Å²) in [6.45, 7) is 0.413. The van der Waals surface area contributed by atoms with Crippen molar-refractivity contribution in [3.8, 4) is 5.75 Å². The number of nitrogens with one attached hydrogen (secondary N) is 1. The van der Waals surface area contributed by atoms with Crippen LogP contribution in [-0.2, 0) is 11.3 Å². The number of carbonyl (C=O) groups excluding carboxylic acids is 1. The van der Waals surface area contributed by atoms with Gasteiger partial charge in [-0.05, 0) is 59.7 Å². The van der Waals surface area contributed by atoms with Gasteiger partial charge >= 0.3 is 5.97 Å². The summed E-state index contributed by atoms with van der Waals surface area (Å²) in [6, 6.07) is 20.3. The molecule has 0 aliphatic rings. The molecule has 0 bridgehead atoms. The lowest BCUT2D eigenvalue weighted by Crippen LogP contribution is -2.02. The molecule has 0 spiro atoms. The van der Waals surface area contributed by atoms with Crippen molar-refractivity contribution in [1.29, 1.82) is 0 Å². The lowest BCUT2D eigenvalue weighted by atomic mass is 10.1. The van der Waals surface area contributed by atoms with Crippen molar-refractivity contribution < 1.29 is 14.3 Å². The van der Waals surface area contributed by atoms with Crippen molar-refractivity contribution in [2.75, 3.05) is 12.5 Å². The molecule has 1 aromatic heterocycles. The van der Waals surface area contributed by atoms with Crippen LogP contribution in [0.1, 0.15) is 21.5 Å². The molecule has 1 N–H and O–H groups in total. The van der Waals surface area contributed by atoms with Gasteiger partial charge in [0.25, 0.3) is 0 Å². The maximum Gasteiger partial charge on any atom is 0.337 e. The van der Waals surface area contributed by atoms with Gasteiger partial charge in [0.15, 0.2) is 0 Å². The monoisotopic (exact) mass is 361 g/mol. The Morgan fingerprint density at radius 2 is 1.85 bits per heavy atom. The molecule has 1 heterocycles. The number of carbonyl (C=O) groups is 1. The van der Waals surface area contributed by atoms with Gasteiger partial charge in [-0.15, -0.1) is 0 Å². The lowest BCUT2D eigenvalue weighted by molar-refractivity contribution is 0.0600. The quantitative estimate of drug-likeness (QED) is 0.393. The average Bonchev–Trinajstić information content (AvgIpc) is 2.74. The Bertz CT molecular complexity index is 892. The summed E-state index contributed by atoms with van der Waals surface area (Å²) in [5.41, 5.74) is 5.29. The number of pyridine rings is 1. The molecule has 0 amide bonds. The zero-order valence-corrected chi connectivity index (χ0v) is 14.8. The van der Waals surface area contributed by atoms with Gasteiger partial charge < -0.3 is 9.47 Å². The number of methoxy groups -OCH3 is 1. The van der Waals surface area contributed by atoms with E-state index in [1.807, 2.05) is 54.6 Å². The van der Waals surface area contributed by atoms with Crippen LogP contribution in [0.3, 0.4) is 0 Å². The topological polar surface area (TPSA) is 72.8 Å². The molecule has 6 nitrogen and oxygen atoms in total. The van der Waals surface area contributed by atoms with Crippen molar-refractivity contribution in [3.05, 3.63) is 89.6 Å². The minimum atomic E-state index is -0.350. The van der Waals surface area contributed by atoms with Gasteiger partial charge in [-0.1, -0.05) is 18.2 Å². The fourth-order valence-electron chi connectivity index (χ4n) is 2.27. The molecule has 2 aromatic carbocycles. The van der Waals surface area contributed by atoms with E-state index in [0.29, 0.717) is 18.0 Å². The smallest absolute Gasteiger partial charge is 0.337 e. The average molecular weight is 361 g/mol. The first-order valence-corrected chi connectivity index (χ1v) is 8.35. The van der Waals surface area contributed by atoms with Gasteiger partial charge in [0.05, 0.1) is 18.9 Å². The molecule has 0 fully saturated rings. The molecular weight excluding hydrogens is 342 g/mol. The molecule has 0 radical (unpaired) electrons. The Kier molecular flexibility index (Phi) is 6.14. The molecule has 6 heteroatoms.